The topological polar surface area (TPSA) is 41.6 Å². The van der Waals surface area contributed by atoms with Crippen LogP contribution < -0.4 is 5.32 Å². The Hall–Kier alpha value is -1.04. The first-order valence-corrected chi connectivity index (χ1v) is 9.38. The van der Waals surface area contributed by atoms with Crippen molar-refractivity contribution in [3.63, 3.8) is 0 Å². The molecule has 1 aromatic rings. The summed E-state index contributed by atoms with van der Waals surface area (Å²) in [4.78, 5) is 14.6. The molecule has 1 aliphatic rings. The molecule has 0 bridgehead atoms. The Morgan fingerprint density at radius 2 is 2.22 bits per heavy atom. The van der Waals surface area contributed by atoms with Gasteiger partial charge in [0.2, 0.25) is 5.91 Å². The lowest BCUT2D eigenvalue weighted by Crippen LogP contribution is -2.36. The second-order valence-corrected chi connectivity index (χ2v) is 7.46. The van der Waals surface area contributed by atoms with E-state index in [4.69, 9.17) is 4.74 Å². The fraction of sp³-hybridized carbons (Fsp3) is 0.611. The number of carbonyl (C=O) groups is 1. The van der Waals surface area contributed by atoms with Crippen molar-refractivity contribution in [3.8, 4) is 0 Å². The van der Waals surface area contributed by atoms with Crippen LogP contribution in [0.15, 0.2) is 30.3 Å². The summed E-state index contributed by atoms with van der Waals surface area (Å²) in [5.74, 6) is 1.60. The van der Waals surface area contributed by atoms with Gasteiger partial charge in [-0.15, -0.1) is 11.8 Å². The van der Waals surface area contributed by atoms with Crippen molar-refractivity contribution in [2.45, 2.75) is 24.3 Å². The SMILES string of the molecule is COCCN1CCC(CNC(=O)C(C)SCc2ccccc2)C1. The highest BCUT2D eigenvalue weighted by molar-refractivity contribution is 7.99. The van der Waals surface area contributed by atoms with Gasteiger partial charge in [-0.25, -0.2) is 0 Å². The van der Waals surface area contributed by atoms with E-state index in [0.29, 0.717) is 5.92 Å². The second kappa shape index (κ2) is 9.96. The summed E-state index contributed by atoms with van der Waals surface area (Å²) in [6, 6.07) is 10.3. The maximum absolute atomic E-state index is 12.2. The minimum Gasteiger partial charge on any atom is -0.383 e. The van der Waals surface area contributed by atoms with Crippen LogP contribution in [0.25, 0.3) is 0 Å². The van der Waals surface area contributed by atoms with Gasteiger partial charge in [-0.3, -0.25) is 4.79 Å². The van der Waals surface area contributed by atoms with Gasteiger partial charge >= 0.3 is 0 Å². The van der Waals surface area contributed by atoms with Crippen molar-refractivity contribution in [3.05, 3.63) is 35.9 Å². The highest BCUT2D eigenvalue weighted by Gasteiger charge is 2.23. The average molecular weight is 337 g/mol. The monoisotopic (exact) mass is 336 g/mol. The van der Waals surface area contributed by atoms with Crippen molar-refractivity contribution >= 4 is 17.7 Å². The van der Waals surface area contributed by atoms with E-state index in [2.05, 4.69) is 22.3 Å². The van der Waals surface area contributed by atoms with E-state index < -0.39 is 0 Å². The van der Waals surface area contributed by atoms with E-state index in [9.17, 15) is 4.79 Å². The molecule has 0 aliphatic carbocycles. The summed E-state index contributed by atoms with van der Waals surface area (Å²) in [6.45, 7) is 6.73. The Bertz CT molecular complexity index is 469. The van der Waals surface area contributed by atoms with E-state index in [0.717, 1.165) is 45.0 Å². The average Bonchev–Trinajstić information content (AvgIpc) is 3.04. The first-order chi connectivity index (χ1) is 11.2. The number of nitrogens with zero attached hydrogens (tertiary/aromatic N) is 1. The van der Waals surface area contributed by atoms with E-state index in [-0.39, 0.29) is 11.2 Å². The third kappa shape index (κ3) is 6.53. The number of benzene rings is 1. The summed E-state index contributed by atoms with van der Waals surface area (Å²) in [7, 11) is 1.74. The van der Waals surface area contributed by atoms with Crippen LogP contribution >= 0.6 is 11.8 Å². The predicted molar refractivity (Wildman–Crippen MR) is 96.6 cm³/mol. The van der Waals surface area contributed by atoms with E-state index >= 15 is 0 Å². The number of nitrogens with one attached hydrogen (secondary N) is 1. The largest absolute Gasteiger partial charge is 0.383 e. The summed E-state index contributed by atoms with van der Waals surface area (Å²) in [5, 5.41) is 3.11. The molecule has 1 fully saturated rings. The van der Waals surface area contributed by atoms with Crippen LogP contribution in [0.5, 0.6) is 0 Å². The molecule has 23 heavy (non-hydrogen) atoms. The van der Waals surface area contributed by atoms with Crippen molar-refractivity contribution in [2.75, 3.05) is 39.9 Å². The number of ether oxygens (including phenoxy) is 1. The summed E-state index contributed by atoms with van der Waals surface area (Å²) in [5.41, 5.74) is 1.27. The predicted octanol–water partition coefficient (Wildman–Crippen LogP) is 2.39. The first-order valence-electron chi connectivity index (χ1n) is 8.33. The number of hydrogen-bond acceptors (Lipinski definition) is 4. The maximum atomic E-state index is 12.2. The van der Waals surface area contributed by atoms with Crippen LogP contribution in [0.3, 0.4) is 0 Å². The molecule has 1 aliphatic heterocycles. The standard InChI is InChI=1S/C18H28N2O2S/c1-15(23-14-16-6-4-3-5-7-16)18(21)19-12-17-8-9-20(13-17)10-11-22-2/h3-7,15,17H,8-14H2,1-2H3,(H,19,21). The highest BCUT2D eigenvalue weighted by atomic mass is 32.2. The molecule has 2 atom stereocenters. The normalized spacial score (nSPS) is 19.7. The highest BCUT2D eigenvalue weighted by Crippen LogP contribution is 2.18. The lowest BCUT2D eigenvalue weighted by atomic mass is 10.1. The molecule has 4 nitrogen and oxygen atoms in total. The lowest BCUT2D eigenvalue weighted by Gasteiger charge is -2.17. The zero-order valence-corrected chi connectivity index (χ0v) is 15.0. The van der Waals surface area contributed by atoms with Gasteiger partial charge in [0, 0.05) is 32.5 Å². The first kappa shape index (κ1) is 18.3. The number of carbonyl (C=O) groups excluding carboxylic acids is 1. The molecule has 1 saturated heterocycles. The van der Waals surface area contributed by atoms with Gasteiger partial charge in [0.25, 0.3) is 0 Å². The molecule has 5 heteroatoms. The fourth-order valence-electron chi connectivity index (χ4n) is 2.76. The molecular formula is C18H28N2O2S. The van der Waals surface area contributed by atoms with Gasteiger partial charge in [-0.2, -0.15) is 0 Å². The molecule has 1 N–H and O–H groups in total. The molecule has 1 heterocycles. The van der Waals surface area contributed by atoms with Crippen LogP contribution in [0.1, 0.15) is 18.9 Å². The smallest absolute Gasteiger partial charge is 0.232 e. The Morgan fingerprint density at radius 1 is 1.43 bits per heavy atom. The summed E-state index contributed by atoms with van der Waals surface area (Å²) < 4.78 is 5.12. The molecule has 0 saturated carbocycles. The summed E-state index contributed by atoms with van der Waals surface area (Å²) in [6.07, 6.45) is 1.16. The molecule has 128 valence electrons. The molecule has 0 aromatic heterocycles. The molecule has 1 amide bonds. The van der Waals surface area contributed by atoms with Crippen LogP contribution in [0.2, 0.25) is 0 Å². The fourth-order valence-corrected chi connectivity index (χ4v) is 3.63. The number of hydrogen-bond donors (Lipinski definition) is 1. The number of thioether (sulfide) groups is 1. The Morgan fingerprint density at radius 3 is 2.96 bits per heavy atom. The number of amides is 1. The zero-order chi connectivity index (χ0) is 16.5. The van der Waals surface area contributed by atoms with Crippen LogP contribution in [-0.4, -0.2) is 56.0 Å². The van der Waals surface area contributed by atoms with Crippen molar-refractivity contribution in [1.82, 2.24) is 10.2 Å². The van der Waals surface area contributed by atoms with Gasteiger partial charge in [0.15, 0.2) is 0 Å². The maximum Gasteiger partial charge on any atom is 0.232 e. The third-order valence-corrected chi connectivity index (χ3v) is 5.47. The Balaban J connectivity index is 1.62. The molecule has 2 unspecified atom stereocenters. The minimum atomic E-state index is -0.0128. The Kier molecular flexibility index (Phi) is 7.92. The van der Waals surface area contributed by atoms with Gasteiger partial charge in [0.05, 0.1) is 11.9 Å². The van der Waals surface area contributed by atoms with Crippen molar-refractivity contribution < 1.29 is 9.53 Å². The van der Waals surface area contributed by atoms with Crippen molar-refractivity contribution in [1.29, 1.82) is 0 Å². The van der Waals surface area contributed by atoms with Gasteiger partial charge in [0.1, 0.15) is 0 Å². The molecule has 1 aromatic carbocycles. The Labute approximate surface area is 144 Å². The van der Waals surface area contributed by atoms with Gasteiger partial charge in [-0.05, 0) is 31.4 Å². The number of rotatable bonds is 9. The van der Waals surface area contributed by atoms with Crippen LogP contribution in [0.4, 0.5) is 0 Å². The zero-order valence-electron chi connectivity index (χ0n) is 14.2. The van der Waals surface area contributed by atoms with Crippen LogP contribution in [-0.2, 0) is 15.3 Å². The van der Waals surface area contributed by atoms with Gasteiger partial charge < -0.3 is 15.0 Å². The molecular weight excluding hydrogens is 308 g/mol. The van der Waals surface area contributed by atoms with E-state index in [1.807, 2.05) is 25.1 Å². The molecule has 0 spiro atoms. The van der Waals surface area contributed by atoms with Crippen molar-refractivity contribution in [2.24, 2.45) is 5.92 Å². The van der Waals surface area contributed by atoms with E-state index in [1.54, 1.807) is 18.9 Å². The molecule has 2 rings (SSSR count). The number of likely N-dealkylation sites (tertiary alicyclic amines) is 1. The third-order valence-electron chi connectivity index (χ3n) is 4.26. The summed E-state index contributed by atoms with van der Waals surface area (Å²) >= 11 is 1.69. The number of methoxy groups -OCH3 is 1. The van der Waals surface area contributed by atoms with Crippen LogP contribution in [0, 0.1) is 5.92 Å². The lowest BCUT2D eigenvalue weighted by molar-refractivity contribution is -0.120. The second-order valence-electron chi connectivity index (χ2n) is 6.13. The molecule has 0 radical (unpaired) electrons. The van der Waals surface area contributed by atoms with E-state index in [1.165, 1.54) is 5.56 Å². The minimum absolute atomic E-state index is 0.0128. The quantitative estimate of drug-likeness (QED) is 0.752. The van der Waals surface area contributed by atoms with Gasteiger partial charge in [-0.1, -0.05) is 30.3 Å².